The number of benzene rings is 1. The highest BCUT2D eigenvalue weighted by Crippen LogP contribution is 2.24. The molecule has 1 N–H and O–H groups in total. The summed E-state index contributed by atoms with van der Waals surface area (Å²) >= 11 is 0. The van der Waals surface area contributed by atoms with Crippen LogP contribution < -0.4 is 5.32 Å². The van der Waals surface area contributed by atoms with E-state index in [4.69, 9.17) is 4.74 Å². The first-order valence-corrected chi connectivity index (χ1v) is 10.3. The van der Waals surface area contributed by atoms with Gasteiger partial charge < -0.3 is 10.1 Å². The molecule has 27 heavy (non-hydrogen) atoms. The number of carbonyl (C=O) groups is 2. The van der Waals surface area contributed by atoms with Gasteiger partial charge in [0.1, 0.15) is 0 Å². The Morgan fingerprint density at radius 2 is 1.74 bits per heavy atom. The van der Waals surface area contributed by atoms with Gasteiger partial charge in [-0.25, -0.2) is 13.2 Å². The second-order valence-corrected chi connectivity index (χ2v) is 8.67. The summed E-state index contributed by atoms with van der Waals surface area (Å²) in [6.07, 6.45) is 3.06. The highest BCUT2D eigenvalue weighted by atomic mass is 32.2. The zero-order chi connectivity index (χ0) is 20.2. The average Bonchev–Trinajstić information content (AvgIpc) is 2.63. The van der Waals surface area contributed by atoms with Crippen LogP contribution in [0.1, 0.15) is 49.9 Å². The van der Waals surface area contributed by atoms with Gasteiger partial charge in [0.05, 0.1) is 10.5 Å². The molecule has 1 aromatic carbocycles. The highest BCUT2D eigenvalue weighted by molar-refractivity contribution is 7.91. The lowest BCUT2D eigenvalue weighted by atomic mass is 9.86. The van der Waals surface area contributed by atoms with Gasteiger partial charge in [-0.3, -0.25) is 4.79 Å². The van der Waals surface area contributed by atoms with Gasteiger partial charge in [-0.1, -0.05) is 19.8 Å². The van der Waals surface area contributed by atoms with E-state index in [9.17, 15) is 26.8 Å². The number of hydrogen-bond acceptors (Lipinski definition) is 5. The summed E-state index contributed by atoms with van der Waals surface area (Å²) < 4.78 is 52.9. The molecule has 0 radical (unpaired) electrons. The lowest BCUT2D eigenvalue weighted by Gasteiger charge is -2.30. The molecule has 1 aliphatic rings. The number of ether oxygens (including phenoxy) is 1. The molecule has 1 fully saturated rings. The maximum Gasteiger partial charge on any atom is 0.341 e. The summed E-state index contributed by atoms with van der Waals surface area (Å²) in [5, 5.41) is 2.89. The molecule has 1 saturated carbocycles. The van der Waals surface area contributed by atoms with Crippen molar-refractivity contribution in [2.24, 2.45) is 5.92 Å². The van der Waals surface area contributed by atoms with E-state index in [0.717, 1.165) is 49.9 Å². The second-order valence-electron chi connectivity index (χ2n) is 6.75. The Hall–Kier alpha value is -2.03. The Bertz CT molecular complexity index is 779. The molecule has 0 bridgehead atoms. The van der Waals surface area contributed by atoms with Crippen molar-refractivity contribution in [3.8, 4) is 0 Å². The molecule has 0 aliphatic heterocycles. The van der Waals surface area contributed by atoms with Crippen molar-refractivity contribution in [1.82, 2.24) is 5.32 Å². The molecule has 0 aromatic heterocycles. The van der Waals surface area contributed by atoms with E-state index < -0.39 is 38.5 Å². The summed E-state index contributed by atoms with van der Waals surface area (Å²) in [6.45, 7) is 3.51. The van der Waals surface area contributed by atoms with E-state index in [-0.39, 0.29) is 11.6 Å². The van der Waals surface area contributed by atoms with E-state index in [2.05, 4.69) is 12.2 Å². The second kappa shape index (κ2) is 8.77. The minimum atomic E-state index is -4.73. The number of alkyl halides is 2. The monoisotopic (exact) mass is 403 g/mol. The molecule has 1 aromatic rings. The van der Waals surface area contributed by atoms with Crippen molar-refractivity contribution in [1.29, 1.82) is 0 Å². The zero-order valence-corrected chi connectivity index (χ0v) is 16.0. The first-order chi connectivity index (χ1) is 12.6. The first-order valence-electron chi connectivity index (χ1n) is 8.76. The smallest absolute Gasteiger partial charge is 0.341 e. The predicted molar refractivity (Wildman–Crippen MR) is 94.1 cm³/mol. The topological polar surface area (TPSA) is 89.5 Å². The van der Waals surface area contributed by atoms with Crippen molar-refractivity contribution < 1.29 is 31.5 Å². The van der Waals surface area contributed by atoms with Crippen LogP contribution >= 0.6 is 0 Å². The number of halogens is 2. The molecule has 0 spiro atoms. The summed E-state index contributed by atoms with van der Waals surface area (Å²) in [5.41, 5.74) is -0.0334. The van der Waals surface area contributed by atoms with Gasteiger partial charge in [0.25, 0.3) is 5.91 Å². The summed E-state index contributed by atoms with van der Waals surface area (Å²) in [7, 11) is -4.73. The SMILES string of the molecule is C[C@@H]1CCCC[C@@H]1NC(=O)[C@@H](C)OC(=O)c1ccc(S(=O)(=O)C(F)F)cc1. The van der Waals surface area contributed by atoms with Gasteiger partial charge in [-0.15, -0.1) is 0 Å². The number of amides is 1. The van der Waals surface area contributed by atoms with Crippen molar-refractivity contribution >= 4 is 21.7 Å². The molecule has 150 valence electrons. The van der Waals surface area contributed by atoms with E-state index >= 15 is 0 Å². The number of esters is 1. The summed E-state index contributed by atoms with van der Waals surface area (Å²) in [6, 6.07) is 4.02. The Labute approximate surface area is 157 Å². The van der Waals surface area contributed by atoms with Crippen LogP contribution in [0.25, 0.3) is 0 Å². The van der Waals surface area contributed by atoms with Crippen molar-refractivity contribution in [3.63, 3.8) is 0 Å². The van der Waals surface area contributed by atoms with E-state index in [1.165, 1.54) is 6.92 Å². The fraction of sp³-hybridized carbons (Fsp3) is 0.556. The lowest BCUT2D eigenvalue weighted by Crippen LogP contribution is -2.45. The maximum atomic E-state index is 12.5. The molecular weight excluding hydrogens is 380 g/mol. The molecule has 0 unspecified atom stereocenters. The van der Waals surface area contributed by atoms with Gasteiger partial charge in [0, 0.05) is 6.04 Å². The third-order valence-corrected chi connectivity index (χ3v) is 6.14. The summed E-state index contributed by atoms with van der Waals surface area (Å²) in [5.74, 6) is -4.43. The van der Waals surface area contributed by atoms with Gasteiger partial charge in [-0.05, 0) is 49.9 Å². The number of nitrogens with one attached hydrogen (secondary N) is 1. The molecular formula is C18H23F2NO5S. The Morgan fingerprint density at radius 3 is 2.30 bits per heavy atom. The molecule has 2 rings (SSSR count). The third kappa shape index (κ3) is 5.24. The standard InChI is InChI=1S/C18H23F2NO5S/c1-11-5-3-4-6-15(11)21-16(22)12(2)26-17(23)13-7-9-14(10-8-13)27(24,25)18(19)20/h7-12,15,18H,3-6H2,1-2H3,(H,21,22)/t11-,12-,15+/m1/s1. The lowest BCUT2D eigenvalue weighted by molar-refractivity contribution is -0.130. The van der Waals surface area contributed by atoms with Crippen molar-refractivity contribution in [2.75, 3.05) is 0 Å². The molecule has 1 amide bonds. The maximum absolute atomic E-state index is 12.5. The van der Waals surface area contributed by atoms with Gasteiger partial charge in [-0.2, -0.15) is 8.78 Å². The molecule has 6 nitrogen and oxygen atoms in total. The van der Waals surface area contributed by atoms with Crippen LogP contribution in [-0.2, 0) is 19.4 Å². The van der Waals surface area contributed by atoms with Crippen LogP contribution in [0, 0.1) is 5.92 Å². The van der Waals surface area contributed by atoms with Crippen molar-refractivity contribution in [2.45, 2.75) is 62.3 Å². The van der Waals surface area contributed by atoms with Crippen LogP contribution in [0.2, 0.25) is 0 Å². The molecule has 9 heteroatoms. The molecule has 0 saturated heterocycles. The van der Waals surface area contributed by atoms with E-state index in [1.54, 1.807) is 0 Å². The Balaban J connectivity index is 1.96. The normalized spacial score (nSPS) is 21.5. The minimum absolute atomic E-state index is 0.0334. The van der Waals surface area contributed by atoms with E-state index in [0.29, 0.717) is 5.92 Å². The summed E-state index contributed by atoms with van der Waals surface area (Å²) in [4.78, 5) is 23.8. The molecule has 1 aliphatic carbocycles. The van der Waals surface area contributed by atoms with Crippen LogP contribution in [0.15, 0.2) is 29.2 Å². The third-order valence-electron chi connectivity index (χ3n) is 4.75. The number of rotatable bonds is 6. The van der Waals surface area contributed by atoms with Crippen LogP contribution in [0.5, 0.6) is 0 Å². The fourth-order valence-electron chi connectivity index (χ4n) is 3.00. The Kier molecular flexibility index (Phi) is 6.91. The van der Waals surface area contributed by atoms with Gasteiger partial charge in [0.2, 0.25) is 9.84 Å². The number of hydrogen-bond donors (Lipinski definition) is 1. The highest BCUT2D eigenvalue weighted by Gasteiger charge is 2.28. The first kappa shape index (κ1) is 21.3. The quantitative estimate of drug-likeness (QED) is 0.738. The number of sulfone groups is 1. The zero-order valence-electron chi connectivity index (χ0n) is 15.2. The number of carbonyl (C=O) groups excluding carboxylic acids is 2. The average molecular weight is 403 g/mol. The largest absolute Gasteiger partial charge is 0.449 e. The Morgan fingerprint density at radius 1 is 1.15 bits per heavy atom. The van der Waals surface area contributed by atoms with Crippen LogP contribution in [0.4, 0.5) is 8.78 Å². The van der Waals surface area contributed by atoms with Crippen LogP contribution in [-0.4, -0.2) is 38.2 Å². The van der Waals surface area contributed by atoms with Gasteiger partial charge >= 0.3 is 11.7 Å². The molecule has 3 atom stereocenters. The minimum Gasteiger partial charge on any atom is -0.449 e. The fourth-order valence-corrected chi connectivity index (χ4v) is 3.72. The van der Waals surface area contributed by atoms with Gasteiger partial charge in [0.15, 0.2) is 6.10 Å². The van der Waals surface area contributed by atoms with Crippen LogP contribution in [0.3, 0.4) is 0 Å². The predicted octanol–water partition coefficient (Wildman–Crippen LogP) is 2.92. The van der Waals surface area contributed by atoms with E-state index in [1.807, 2.05) is 0 Å². The van der Waals surface area contributed by atoms with Crippen molar-refractivity contribution in [3.05, 3.63) is 29.8 Å². The molecule has 0 heterocycles.